The Morgan fingerprint density at radius 3 is 2.59 bits per heavy atom. The van der Waals surface area contributed by atoms with Gasteiger partial charge in [-0.15, -0.1) is 0 Å². The highest BCUT2D eigenvalue weighted by Crippen LogP contribution is 2.12. The highest BCUT2D eigenvalue weighted by molar-refractivity contribution is 5.91. The van der Waals surface area contributed by atoms with Crippen LogP contribution in [0.15, 0.2) is 30.3 Å². The summed E-state index contributed by atoms with van der Waals surface area (Å²) >= 11 is 0. The summed E-state index contributed by atoms with van der Waals surface area (Å²) in [5, 5.41) is 2.78. The molecule has 0 atom stereocenters. The molecular formula is C14H19NO2. The van der Waals surface area contributed by atoms with Crippen LogP contribution in [-0.4, -0.2) is 19.1 Å². The third-order valence-corrected chi connectivity index (χ3v) is 2.17. The Hall–Kier alpha value is -1.77. The van der Waals surface area contributed by atoms with Crippen molar-refractivity contribution in [2.45, 2.75) is 20.3 Å². The average molecular weight is 233 g/mol. The maximum absolute atomic E-state index is 11.3. The quantitative estimate of drug-likeness (QED) is 0.767. The smallest absolute Gasteiger partial charge is 0.243 e. The van der Waals surface area contributed by atoms with Crippen LogP contribution in [0.4, 0.5) is 0 Å². The van der Waals surface area contributed by atoms with E-state index in [9.17, 15) is 4.79 Å². The van der Waals surface area contributed by atoms with Gasteiger partial charge in [-0.3, -0.25) is 4.79 Å². The van der Waals surface area contributed by atoms with Gasteiger partial charge < -0.3 is 10.1 Å². The monoisotopic (exact) mass is 233 g/mol. The lowest BCUT2D eigenvalue weighted by Gasteiger charge is -2.02. The van der Waals surface area contributed by atoms with Gasteiger partial charge in [0.15, 0.2) is 0 Å². The van der Waals surface area contributed by atoms with Crippen molar-refractivity contribution < 1.29 is 9.53 Å². The highest BCUT2D eigenvalue weighted by atomic mass is 16.5. The molecule has 1 aromatic carbocycles. The van der Waals surface area contributed by atoms with E-state index in [1.807, 2.05) is 38.1 Å². The second-order valence-electron chi connectivity index (χ2n) is 3.63. The van der Waals surface area contributed by atoms with Gasteiger partial charge in [0.25, 0.3) is 0 Å². The maximum atomic E-state index is 11.3. The van der Waals surface area contributed by atoms with E-state index in [2.05, 4.69) is 5.32 Å². The van der Waals surface area contributed by atoms with E-state index in [0.29, 0.717) is 13.2 Å². The summed E-state index contributed by atoms with van der Waals surface area (Å²) in [6.07, 6.45) is 4.29. The highest BCUT2D eigenvalue weighted by Gasteiger charge is 1.94. The number of nitrogens with one attached hydrogen (secondary N) is 1. The molecule has 0 unspecified atom stereocenters. The lowest BCUT2D eigenvalue weighted by molar-refractivity contribution is -0.116. The Morgan fingerprint density at radius 1 is 1.29 bits per heavy atom. The predicted molar refractivity (Wildman–Crippen MR) is 69.9 cm³/mol. The van der Waals surface area contributed by atoms with Gasteiger partial charge in [-0.25, -0.2) is 0 Å². The molecule has 0 aliphatic rings. The molecule has 92 valence electrons. The molecule has 0 aliphatic carbocycles. The molecular weight excluding hydrogens is 214 g/mol. The van der Waals surface area contributed by atoms with Crippen molar-refractivity contribution in [2.75, 3.05) is 13.2 Å². The number of carbonyl (C=O) groups excluding carboxylic acids is 1. The van der Waals surface area contributed by atoms with E-state index in [-0.39, 0.29) is 5.91 Å². The van der Waals surface area contributed by atoms with Crippen molar-refractivity contribution in [1.29, 1.82) is 0 Å². The summed E-state index contributed by atoms with van der Waals surface area (Å²) in [7, 11) is 0. The van der Waals surface area contributed by atoms with E-state index < -0.39 is 0 Å². The van der Waals surface area contributed by atoms with Gasteiger partial charge in [0.2, 0.25) is 5.91 Å². The molecule has 0 saturated carbocycles. The first kappa shape index (κ1) is 13.3. The summed E-state index contributed by atoms with van der Waals surface area (Å²) in [4.78, 5) is 11.3. The fourth-order valence-corrected chi connectivity index (χ4v) is 1.32. The van der Waals surface area contributed by atoms with Gasteiger partial charge in [0.1, 0.15) is 5.75 Å². The number of amides is 1. The Bertz CT molecular complexity index is 368. The summed E-state index contributed by atoms with van der Waals surface area (Å²) in [5.74, 6) is 0.792. The number of benzene rings is 1. The molecule has 0 fully saturated rings. The van der Waals surface area contributed by atoms with Crippen LogP contribution in [-0.2, 0) is 4.79 Å². The van der Waals surface area contributed by atoms with Gasteiger partial charge in [0, 0.05) is 12.6 Å². The number of rotatable bonds is 6. The van der Waals surface area contributed by atoms with Crippen LogP contribution in [0.5, 0.6) is 5.75 Å². The van der Waals surface area contributed by atoms with E-state index >= 15 is 0 Å². The van der Waals surface area contributed by atoms with Crippen LogP contribution in [0.25, 0.3) is 6.08 Å². The minimum absolute atomic E-state index is 0.0549. The van der Waals surface area contributed by atoms with Crippen LogP contribution < -0.4 is 10.1 Å². The zero-order valence-corrected chi connectivity index (χ0v) is 10.4. The van der Waals surface area contributed by atoms with E-state index in [1.54, 1.807) is 12.2 Å². The van der Waals surface area contributed by atoms with E-state index in [0.717, 1.165) is 17.7 Å². The van der Waals surface area contributed by atoms with Gasteiger partial charge in [-0.05, 0) is 37.1 Å². The van der Waals surface area contributed by atoms with Crippen LogP contribution in [0.1, 0.15) is 25.8 Å². The number of carbonyl (C=O) groups is 1. The molecule has 0 bridgehead atoms. The molecule has 0 radical (unpaired) electrons. The van der Waals surface area contributed by atoms with E-state index in [4.69, 9.17) is 4.74 Å². The second kappa shape index (κ2) is 7.49. The minimum atomic E-state index is -0.0549. The molecule has 0 heterocycles. The minimum Gasteiger partial charge on any atom is -0.494 e. The standard InChI is InChI=1S/C14H19NO2/c1-3-11-15-14(16)10-7-12-5-8-13(9-6-12)17-4-2/h5-10H,3-4,11H2,1-2H3,(H,15,16). The largest absolute Gasteiger partial charge is 0.494 e. The maximum Gasteiger partial charge on any atom is 0.243 e. The molecule has 1 N–H and O–H groups in total. The first-order valence-electron chi connectivity index (χ1n) is 5.95. The molecule has 1 amide bonds. The molecule has 3 heteroatoms. The van der Waals surface area contributed by atoms with Crippen molar-refractivity contribution in [3.05, 3.63) is 35.9 Å². The fraction of sp³-hybridized carbons (Fsp3) is 0.357. The third-order valence-electron chi connectivity index (χ3n) is 2.17. The van der Waals surface area contributed by atoms with Gasteiger partial charge in [-0.2, -0.15) is 0 Å². The Labute approximate surface area is 102 Å². The van der Waals surface area contributed by atoms with Crippen LogP contribution in [0, 0.1) is 0 Å². The van der Waals surface area contributed by atoms with Crippen molar-refractivity contribution >= 4 is 12.0 Å². The molecule has 1 aromatic rings. The zero-order chi connectivity index (χ0) is 12.5. The normalized spacial score (nSPS) is 10.5. The molecule has 0 aliphatic heterocycles. The number of hydrogen-bond acceptors (Lipinski definition) is 2. The lowest BCUT2D eigenvalue weighted by atomic mass is 10.2. The summed E-state index contributed by atoms with van der Waals surface area (Å²) in [6, 6.07) is 7.64. The van der Waals surface area contributed by atoms with E-state index in [1.165, 1.54) is 0 Å². The Morgan fingerprint density at radius 2 is 2.00 bits per heavy atom. The molecule has 0 aromatic heterocycles. The summed E-state index contributed by atoms with van der Waals surface area (Å²) in [5.41, 5.74) is 0.986. The average Bonchev–Trinajstić information content (AvgIpc) is 2.36. The van der Waals surface area contributed by atoms with Crippen LogP contribution in [0.3, 0.4) is 0 Å². The lowest BCUT2D eigenvalue weighted by Crippen LogP contribution is -2.21. The number of ether oxygens (including phenoxy) is 1. The topological polar surface area (TPSA) is 38.3 Å². The van der Waals surface area contributed by atoms with Crippen molar-refractivity contribution in [3.63, 3.8) is 0 Å². The summed E-state index contributed by atoms with van der Waals surface area (Å²) in [6.45, 7) is 5.35. The van der Waals surface area contributed by atoms with Gasteiger partial charge in [0.05, 0.1) is 6.61 Å². The Kier molecular flexibility index (Phi) is 5.86. The Balaban J connectivity index is 2.50. The summed E-state index contributed by atoms with van der Waals surface area (Å²) < 4.78 is 5.34. The van der Waals surface area contributed by atoms with Crippen LogP contribution >= 0.6 is 0 Å². The predicted octanol–water partition coefficient (Wildman–Crippen LogP) is 2.62. The number of hydrogen-bond donors (Lipinski definition) is 1. The van der Waals surface area contributed by atoms with Gasteiger partial charge >= 0.3 is 0 Å². The van der Waals surface area contributed by atoms with Crippen LogP contribution in [0.2, 0.25) is 0 Å². The first-order valence-corrected chi connectivity index (χ1v) is 5.95. The molecule has 3 nitrogen and oxygen atoms in total. The van der Waals surface area contributed by atoms with Gasteiger partial charge in [-0.1, -0.05) is 19.1 Å². The zero-order valence-electron chi connectivity index (χ0n) is 10.4. The second-order valence-corrected chi connectivity index (χ2v) is 3.63. The van der Waals surface area contributed by atoms with Crippen molar-refractivity contribution in [3.8, 4) is 5.75 Å². The molecule has 0 saturated heterocycles. The molecule has 17 heavy (non-hydrogen) atoms. The molecule has 0 spiro atoms. The molecule has 1 rings (SSSR count). The third kappa shape index (κ3) is 5.20. The SMILES string of the molecule is CCCNC(=O)C=Cc1ccc(OCC)cc1. The fourth-order valence-electron chi connectivity index (χ4n) is 1.32. The van der Waals surface area contributed by atoms with Crippen molar-refractivity contribution in [1.82, 2.24) is 5.32 Å². The first-order chi connectivity index (χ1) is 8.26. The van der Waals surface area contributed by atoms with Crippen molar-refractivity contribution in [2.24, 2.45) is 0 Å².